The van der Waals surface area contributed by atoms with Crippen molar-refractivity contribution in [2.75, 3.05) is 20.6 Å². The Bertz CT molecular complexity index is 250. The molecule has 92 valence electrons. The zero-order valence-corrected chi connectivity index (χ0v) is 10.9. The van der Waals surface area contributed by atoms with Crippen LogP contribution in [0.4, 0.5) is 0 Å². The lowest BCUT2D eigenvalue weighted by Gasteiger charge is -2.24. The fourth-order valence-corrected chi connectivity index (χ4v) is 2.04. The summed E-state index contributed by atoms with van der Waals surface area (Å²) in [5.74, 6) is 0.0350. The maximum atomic E-state index is 11.3. The van der Waals surface area contributed by atoms with Crippen LogP contribution in [0.15, 0.2) is 0 Å². The van der Waals surface area contributed by atoms with Crippen molar-refractivity contribution in [2.24, 2.45) is 0 Å². The summed E-state index contributed by atoms with van der Waals surface area (Å²) >= 11 is 5.15. The molecule has 0 aliphatic heterocycles. The molecular formula is C11H21N3OS. The lowest BCUT2D eigenvalue weighted by molar-refractivity contribution is -0.127. The Kier molecular flexibility index (Phi) is 5.52. The van der Waals surface area contributed by atoms with Gasteiger partial charge in [-0.3, -0.25) is 4.79 Å². The first-order valence-electron chi connectivity index (χ1n) is 5.84. The summed E-state index contributed by atoms with van der Waals surface area (Å²) in [5, 5.41) is 6.80. The fourth-order valence-electron chi connectivity index (χ4n) is 1.80. The van der Waals surface area contributed by atoms with E-state index >= 15 is 0 Å². The summed E-state index contributed by atoms with van der Waals surface area (Å²) in [4.78, 5) is 12.9. The highest BCUT2D eigenvalue weighted by Gasteiger charge is 2.14. The molecule has 0 aromatic carbocycles. The molecule has 4 nitrogen and oxygen atoms in total. The molecule has 0 spiro atoms. The molecule has 1 fully saturated rings. The molecule has 1 rings (SSSR count). The van der Waals surface area contributed by atoms with Crippen molar-refractivity contribution in [3.63, 3.8) is 0 Å². The third kappa shape index (κ3) is 4.79. The van der Waals surface area contributed by atoms with Gasteiger partial charge in [-0.2, -0.15) is 0 Å². The summed E-state index contributed by atoms with van der Waals surface area (Å²) in [7, 11) is 3.48. The number of thiocarbonyl (C=S) groups is 1. The van der Waals surface area contributed by atoms with Crippen molar-refractivity contribution >= 4 is 23.2 Å². The molecule has 2 N–H and O–H groups in total. The molecule has 0 unspecified atom stereocenters. The Labute approximate surface area is 103 Å². The van der Waals surface area contributed by atoms with Crippen molar-refractivity contribution in [1.82, 2.24) is 15.5 Å². The number of hydrogen-bond donors (Lipinski definition) is 2. The molecule has 0 atom stereocenters. The Balaban J connectivity index is 2.17. The average molecular weight is 243 g/mol. The van der Waals surface area contributed by atoms with E-state index in [4.69, 9.17) is 12.2 Å². The molecule has 0 heterocycles. The van der Waals surface area contributed by atoms with Crippen LogP contribution < -0.4 is 10.6 Å². The van der Waals surface area contributed by atoms with Gasteiger partial charge in [-0.25, -0.2) is 0 Å². The van der Waals surface area contributed by atoms with Gasteiger partial charge in [0.25, 0.3) is 0 Å². The molecule has 1 amide bonds. The summed E-state index contributed by atoms with van der Waals surface area (Å²) in [6.07, 6.45) is 6.25. The number of rotatable bonds is 3. The molecule has 0 aromatic rings. The number of hydrogen-bond acceptors (Lipinski definition) is 2. The van der Waals surface area contributed by atoms with Crippen LogP contribution in [0.2, 0.25) is 0 Å². The number of carbonyl (C=O) groups excluding carboxylic acids is 1. The van der Waals surface area contributed by atoms with Gasteiger partial charge in [-0.05, 0) is 25.1 Å². The van der Waals surface area contributed by atoms with Crippen LogP contribution in [0.1, 0.15) is 32.1 Å². The van der Waals surface area contributed by atoms with E-state index in [1.165, 1.54) is 32.1 Å². The summed E-state index contributed by atoms with van der Waals surface area (Å²) in [6.45, 7) is 0.269. The Hall–Kier alpha value is -0.840. The zero-order chi connectivity index (χ0) is 12.0. The second-order valence-electron chi connectivity index (χ2n) is 4.45. The highest BCUT2D eigenvalue weighted by molar-refractivity contribution is 7.80. The average Bonchev–Trinajstić information content (AvgIpc) is 2.27. The van der Waals surface area contributed by atoms with Crippen LogP contribution in [0.25, 0.3) is 0 Å². The summed E-state index contributed by atoms with van der Waals surface area (Å²) in [6, 6.07) is 0.489. The van der Waals surface area contributed by atoms with E-state index in [0.29, 0.717) is 11.2 Å². The normalized spacial score (nSPS) is 16.6. The predicted molar refractivity (Wildman–Crippen MR) is 69.3 cm³/mol. The number of amides is 1. The van der Waals surface area contributed by atoms with Gasteiger partial charge in [-0.1, -0.05) is 19.3 Å². The third-order valence-corrected chi connectivity index (χ3v) is 3.10. The molecule has 1 saturated carbocycles. The van der Waals surface area contributed by atoms with E-state index in [2.05, 4.69) is 10.6 Å². The minimum absolute atomic E-state index is 0.0350. The molecule has 1 aliphatic rings. The van der Waals surface area contributed by atoms with E-state index in [0.717, 1.165) is 0 Å². The van der Waals surface area contributed by atoms with Gasteiger partial charge in [0.1, 0.15) is 0 Å². The molecule has 0 aromatic heterocycles. The summed E-state index contributed by atoms with van der Waals surface area (Å²) < 4.78 is 0. The van der Waals surface area contributed by atoms with Gasteiger partial charge in [0.2, 0.25) is 5.91 Å². The Morgan fingerprint density at radius 2 is 1.94 bits per heavy atom. The van der Waals surface area contributed by atoms with Crippen LogP contribution in [0, 0.1) is 0 Å². The van der Waals surface area contributed by atoms with Crippen LogP contribution in [0.3, 0.4) is 0 Å². The van der Waals surface area contributed by atoms with Crippen LogP contribution >= 0.6 is 12.2 Å². The maximum absolute atomic E-state index is 11.3. The van der Waals surface area contributed by atoms with Gasteiger partial charge in [0.05, 0.1) is 6.54 Å². The lowest BCUT2D eigenvalue weighted by Crippen LogP contribution is -2.45. The minimum Gasteiger partial charge on any atom is -0.360 e. The van der Waals surface area contributed by atoms with Gasteiger partial charge in [0, 0.05) is 20.1 Å². The molecule has 1 aliphatic carbocycles. The second kappa shape index (κ2) is 6.68. The minimum atomic E-state index is 0.0350. The molecular weight excluding hydrogens is 222 g/mol. The summed E-state index contributed by atoms with van der Waals surface area (Å²) in [5.41, 5.74) is 0. The number of nitrogens with one attached hydrogen (secondary N) is 2. The Morgan fingerprint density at radius 3 is 2.50 bits per heavy atom. The van der Waals surface area contributed by atoms with Crippen molar-refractivity contribution in [3.05, 3.63) is 0 Å². The standard InChI is InChI=1S/C11H21N3OS/c1-14(2)10(15)8-12-11(16)13-9-6-4-3-5-7-9/h9H,3-8H2,1-2H3,(H2,12,13,16). The van der Waals surface area contributed by atoms with Crippen LogP contribution in [-0.2, 0) is 4.79 Å². The van der Waals surface area contributed by atoms with Crippen molar-refractivity contribution < 1.29 is 4.79 Å². The van der Waals surface area contributed by atoms with E-state index in [-0.39, 0.29) is 12.5 Å². The molecule has 0 saturated heterocycles. The van der Waals surface area contributed by atoms with Crippen molar-refractivity contribution in [3.8, 4) is 0 Å². The smallest absolute Gasteiger partial charge is 0.241 e. The van der Waals surface area contributed by atoms with Gasteiger partial charge >= 0.3 is 0 Å². The molecule has 16 heavy (non-hydrogen) atoms. The third-order valence-electron chi connectivity index (χ3n) is 2.84. The quantitative estimate of drug-likeness (QED) is 0.722. The maximum Gasteiger partial charge on any atom is 0.241 e. The second-order valence-corrected chi connectivity index (χ2v) is 4.86. The monoisotopic (exact) mass is 243 g/mol. The number of carbonyl (C=O) groups is 1. The first-order valence-corrected chi connectivity index (χ1v) is 6.25. The van der Waals surface area contributed by atoms with Gasteiger partial charge < -0.3 is 15.5 Å². The van der Waals surface area contributed by atoms with Crippen LogP contribution in [-0.4, -0.2) is 42.6 Å². The fraction of sp³-hybridized carbons (Fsp3) is 0.818. The largest absolute Gasteiger partial charge is 0.360 e. The van der Waals surface area contributed by atoms with Crippen molar-refractivity contribution in [1.29, 1.82) is 0 Å². The Morgan fingerprint density at radius 1 is 1.31 bits per heavy atom. The molecule has 0 radical (unpaired) electrons. The molecule has 0 bridgehead atoms. The molecule has 5 heteroatoms. The predicted octanol–water partition coefficient (Wildman–Crippen LogP) is 0.871. The first kappa shape index (κ1) is 13.2. The lowest BCUT2D eigenvalue weighted by atomic mass is 9.96. The van der Waals surface area contributed by atoms with E-state index in [1.807, 2.05) is 0 Å². The van der Waals surface area contributed by atoms with Gasteiger partial charge in [-0.15, -0.1) is 0 Å². The number of likely N-dealkylation sites (N-methyl/N-ethyl adjacent to an activating group) is 1. The van der Waals surface area contributed by atoms with E-state index in [1.54, 1.807) is 19.0 Å². The van der Waals surface area contributed by atoms with E-state index < -0.39 is 0 Å². The highest BCUT2D eigenvalue weighted by Crippen LogP contribution is 2.17. The highest BCUT2D eigenvalue weighted by atomic mass is 32.1. The topological polar surface area (TPSA) is 44.4 Å². The first-order chi connectivity index (χ1) is 7.59. The van der Waals surface area contributed by atoms with Crippen LogP contribution in [0.5, 0.6) is 0 Å². The number of nitrogens with zero attached hydrogens (tertiary/aromatic N) is 1. The van der Waals surface area contributed by atoms with Crippen molar-refractivity contribution in [2.45, 2.75) is 38.1 Å². The van der Waals surface area contributed by atoms with Gasteiger partial charge in [0.15, 0.2) is 5.11 Å². The van der Waals surface area contributed by atoms with E-state index in [9.17, 15) is 4.79 Å². The SMILES string of the molecule is CN(C)C(=O)CNC(=S)NC1CCCCC1. The zero-order valence-electron chi connectivity index (χ0n) is 10.1.